The predicted octanol–water partition coefficient (Wildman–Crippen LogP) is 1.68. The van der Waals surface area contributed by atoms with Gasteiger partial charge in [0.25, 0.3) is 0 Å². The Bertz CT molecular complexity index is 385. The summed E-state index contributed by atoms with van der Waals surface area (Å²) in [7, 11) is 0. The molecule has 0 radical (unpaired) electrons. The molecule has 0 unspecified atom stereocenters. The van der Waals surface area contributed by atoms with Gasteiger partial charge in [-0.15, -0.1) is 0 Å². The highest BCUT2D eigenvalue weighted by Crippen LogP contribution is 2.22. The Morgan fingerprint density at radius 1 is 1.41 bits per heavy atom. The van der Waals surface area contributed by atoms with Crippen LogP contribution in [-0.4, -0.2) is 30.6 Å². The van der Waals surface area contributed by atoms with Gasteiger partial charge in [-0.1, -0.05) is 6.92 Å². The van der Waals surface area contributed by atoms with E-state index in [4.69, 9.17) is 10.8 Å². The summed E-state index contributed by atoms with van der Waals surface area (Å²) >= 11 is 0. The van der Waals surface area contributed by atoms with Gasteiger partial charge in [-0.05, 0) is 31.5 Å². The molecular weight excluding hydrogens is 216 g/mol. The predicted molar refractivity (Wildman–Crippen MR) is 70.4 cm³/mol. The number of rotatable bonds is 6. The normalized spacial score (nSPS) is 10.3. The number of hydrogen-bond donors (Lipinski definition) is 2. The Morgan fingerprint density at radius 2 is 2.12 bits per heavy atom. The van der Waals surface area contributed by atoms with E-state index in [9.17, 15) is 4.79 Å². The lowest BCUT2D eigenvalue weighted by Crippen LogP contribution is -2.27. The second-order valence-corrected chi connectivity index (χ2v) is 4.04. The molecule has 0 fully saturated rings. The fraction of sp³-hybridized carbons (Fsp3) is 0.462. The largest absolute Gasteiger partial charge is 0.398 e. The molecule has 0 aromatic heterocycles. The first-order valence-corrected chi connectivity index (χ1v) is 5.86. The van der Waals surface area contributed by atoms with E-state index in [-0.39, 0.29) is 12.4 Å². The van der Waals surface area contributed by atoms with Gasteiger partial charge in [0.1, 0.15) is 0 Å². The highest BCUT2D eigenvalue weighted by atomic mass is 16.3. The fourth-order valence-electron chi connectivity index (χ4n) is 1.83. The third kappa shape index (κ3) is 3.46. The molecule has 0 bridgehead atoms. The summed E-state index contributed by atoms with van der Waals surface area (Å²) in [5.74, 6) is -0.0294. The second kappa shape index (κ2) is 6.25. The number of carbonyl (C=O) groups is 1. The van der Waals surface area contributed by atoms with Crippen molar-refractivity contribution in [2.24, 2.45) is 0 Å². The number of nitrogens with two attached hydrogens (primary N) is 1. The molecule has 0 aliphatic rings. The maximum Gasteiger partial charge on any atom is 0.161 e. The number of hydrogen-bond acceptors (Lipinski definition) is 4. The van der Waals surface area contributed by atoms with Gasteiger partial charge in [-0.25, -0.2) is 0 Å². The standard InChI is InChI=1S/C13H20N2O2/c1-3-6-15(7-8-16)11-4-5-12(10(2)17)13(14)9-11/h4-5,9,16H,3,6-8,14H2,1-2H3. The monoisotopic (exact) mass is 236 g/mol. The van der Waals surface area contributed by atoms with Crippen molar-refractivity contribution in [1.82, 2.24) is 0 Å². The quantitative estimate of drug-likeness (QED) is 0.582. The molecule has 0 spiro atoms. The van der Waals surface area contributed by atoms with Crippen molar-refractivity contribution in [3.8, 4) is 0 Å². The Hall–Kier alpha value is -1.55. The number of aliphatic hydroxyl groups excluding tert-OH is 1. The third-order valence-corrected chi connectivity index (χ3v) is 2.64. The van der Waals surface area contributed by atoms with Crippen LogP contribution in [0.4, 0.5) is 11.4 Å². The Morgan fingerprint density at radius 3 is 2.59 bits per heavy atom. The van der Waals surface area contributed by atoms with Crippen molar-refractivity contribution in [3.05, 3.63) is 23.8 Å². The van der Waals surface area contributed by atoms with Crippen molar-refractivity contribution >= 4 is 17.2 Å². The lowest BCUT2D eigenvalue weighted by Gasteiger charge is -2.24. The van der Waals surface area contributed by atoms with Crippen molar-refractivity contribution in [1.29, 1.82) is 0 Å². The SMILES string of the molecule is CCCN(CCO)c1ccc(C(C)=O)c(N)c1. The molecule has 0 saturated heterocycles. The summed E-state index contributed by atoms with van der Waals surface area (Å²) in [6.07, 6.45) is 0.994. The molecule has 17 heavy (non-hydrogen) atoms. The smallest absolute Gasteiger partial charge is 0.161 e. The summed E-state index contributed by atoms with van der Waals surface area (Å²) in [5, 5.41) is 9.01. The van der Waals surface area contributed by atoms with Crippen LogP contribution in [0.15, 0.2) is 18.2 Å². The van der Waals surface area contributed by atoms with E-state index in [1.165, 1.54) is 6.92 Å². The van der Waals surface area contributed by atoms with E-state index in [1.54, 1.807) is 12.1 Å². The highest BCUT2D eigenvalue weighted by molar-refractivity contribution is 5.99. The van der Waals surface area contributed by atoms with E-state index in [0.29, 0.717) is 17.8 Å². The first kappa shape index (κ1) is 13.5. The number of anilines is 2. The van der Waals surface area contributed by atoms with E-state index < -0.39 is 0 Å². The van der Waals surface area contributed by atoms with Gasteiger partial charge in [0.15, 0.2) is 5.78 Å². The minimum absolute atomic E-state index is 0.0294. The van der Waals surface area contributed by atoms with Gasteiger partial charge in [0, 0.05) is 30.0 Å². The van der Waals surface area contributed by atoms with Gasteiger partial charge >= 0.3 is 0 Å². The Kier molecular flexibility index (Phi) is 4.97. The zero-order valence-electron chi connectivity index (χ0n) is 10.4. The molecule has 0 atom stereocenters. The van der Waals surface area contributed by atoms with Crippen molar-refractivity contribution in [3.63, 3.8) is 0 Å². The van der Waals surface area contributed by atoms with Crippen LogP contribution in [-0.2, 0) is 0 Å². The third-order valence-electron chi connectivity index (χ3n) is 2.64. The van der Waals surface area contributed by atoms with E-state index in [1.807, 2.05) is 6.07 Å². The summed E-state index contributed by atoms with van der Waals surface area (Å²) in [4.78, 5) is 13.3. The van der Waals surface area contributed by atoms with Crippen LogP contribution in [0.3, 0.4) is 0 Å². The Labute approximate surface area is 102 Å². The lowest BCUT2D eigenvalue weighted by atomic mass is 10.1. The number of benzene rings is 1. The van der Waals surface area contributed by atoms with E-state index >= 15 is 0 Å². The van der Waals surface area contributed by atoms with Gasteiger partial charge in [-0.2, -0.15) is 0 Å². The van der Waals surface area contributed by atoms with Gasteiger partial charge < -0.3 is 15.7 Å². The van der Waals surface area contributed by atoms with Crippen LogP contribution in [0, 0.1) is 0 Å². The van der Waals surface area contributed by atoms with Crippen LogP contribution < -0.4 is 10.6 Å². The highest BCUT2D eigenvalue weighted by Gasteiger charge is 2.09. The number of nitrogens with zero attached hydrogens (tertiary/aromatic N) is 1. The molecule has 4 heteroatoms. The van der Waals surface area contributed by atoms with Crippen molar-refractivity contribution in [2.45, 2.75) is 20.3 Å². The second-order valence-electron chi connectivity index (χ2n) is 4.04. The number of carbonyl (C=O) groups excluding carboxylic acids is 1. The molecule has 94 valence electrons. The van der Waals surface area contributed by atoms with Crippen molar-refractivity contribution in [2.75, 3.05) is 30.3 Å². The summed E-state index contributed by atoms with van der Waals surface area (Å²) in [6.45, 7) is 5.13. The van der Waals surface area contributed by atoms with Gasteiger partial charge in [0.2, 0.25) is 0 Å². The van der Waals surface area contributed by atoms with E-state index in [2.05, 4.69) is 11.8 Å². The molecule has 0 aliphatic carbocycles. The molecule has 0 saturated carbocycles. The van der Waals surface area contributed by atoms with E-state index in [0.717, 1.165) is 18.7 Å². The molecule has 4 nitrogen and oxygen atoms in total. The lowest BCUT2D eigenvalue weighted by molar-refractivity contribution is 0.101. The summed E-state index contributed by atoms with van der Waals surface area (Å²) in [6, 6.07) is 5.41. The molecule has 1 rings (SSSR count). The average Bonchev–Trinajstić information content (AvgIpc) is 2.28. The zero-order valence-corrected chi connectivity index (χ0v) is 10.4. The topological polar surface area (TPSA) is 66.6 Å². The zero-order chi connectivity index (χ0) is 12.8. The van der Waals surface area contributed by atoms with Crippen LogP contribution in [0.1, 0.15) is 30.6 Å². The van der Waals surface area contributed by atoms with Crippen LogP contribution in [0.25, 0.3) is 0 Å². The van der Waals surface area contributed by atoms with Crippen LogP contribution in [0.2, 0.25) is 0 Å². The summed E-state index contributed by atoms with van der Waals surface area (Å²) < 4.78 is 0. The first-order chi connectivity index (χ1) is 8.10. The van der Waals surface area contributed by atoms with Crippen LogP contribution in [0.5, 0.6) is 0 Å². The maximum absolute atomic E-state index is 11.3. The molecule has 1 aromatic rings. The molecular formula is C13H20N2O2. The van der Waals surface area contributed by atoms with Crippen LogP contribution >= 0.6 is 0 Å². The first-order valence-electron chi connectivity index (χ1n) is 5.86. The molecule has 0 aliphatic heterocycles. The fourth-order valence-corrected chi connectivity index (χ4v) is 1.83. The maximum atomic E-state index is 11.3. The number of Topliss-reactive ketones (excluding diaryl/α,β-unsaturated/α-hetero) is 1. The summed E-state index contributed by atoms with van der Waals surface area (Å²) in [5.41, 5.74) is 7.83. The van der Waals surface area contributed by atoms with Gasteiger partial charge in [0.05, 0.1) is 6.61 Å². The molecule has 0 amide bonds. The number of ketones is 1. The number of nitrogen functional groups attached to an aromatic ring is 1. The van der Waals surface area contributed by atoms with Gasteiger partial charge in [-0.3, -0.25) is 4.79 Å². The molecule has 1 aromatic carbocycles. The Balaban J connectivity index is 2.97. The molecule has 3 N–H and O–H groups in total. The minimum atomic E-state index is -0.0294. The minimum Gasteiger partial charge on any atom is -0.398 e. The average molecular weight is 236 g/mol. The molecule has 0 heterocycles. The van der Waals surface area contributed by atoms with Crippen molar-refractivity contribution < 1.29 is 9.90 Å². The number of aliphatic hydroxyl groups is 1.